The molecule has 3 heterocycles. The Morgan fingerprint density at radius 1 is 1.14 bits per heavy atom. The minimum atomic E-state index is -4.11. The van der Waals surface area contributed by atoms with Crippen LogP contribution in [0.1, 0.15) is 0 Å². The SMILES string of the molecule is COc1ccc2cnn(C)c2c1N(COCC[Si](C)(C)C)S(=O)(=O)c1cnn(-c2cc(Br)ccn2)c1. The van der Waals surface area contributed by atoms with E-state index in [1.165, 1.54) is 28.5 Å². The number of hydrogen-bond acceptors (Lipinski definition) is 7. The number of pyridine rings is 1. The van der Waals surface area contributed by atoms with Crippen LogP contribution in [0, 0.1) is 0 Å². The van der Waals surface area contributed by atoms with Gasteiger partial charge in [-0.05, 0) is 30.3 Å². The number of methoxy groups -OCH3 is 1. The van der Waals surface area contributed by atoms with Crippen LogP contribution in [-0.2, 0) is 21.8 Å². The number of halogens is 1. The molecule has 0 aliphatic rings. The Morgan fingerprint density at radius 3 is 2.61 bits per heavy atom. The van der Waals surface area contributed by atoms with Crippen molar-refractivity contribution in [2.75, 3.05) is 24.8 Å². The number of benzene rings is 1. The molecule has 0 aliphatic heterocycles. The van der Waals surface area contributed by atoms with Crippen LogP contribution in [0.25, 0.3) is 16.7 Å². The van der Waals surface area contributed by atoms with Gasteiger partial charge in [0.25, 0.3) is 10.0 Å². The first kappa shape index (κ1) is 26.3. The predicted molar refractivity (Wildman–Crippen MR) is 145 cm³/mol. The fourth-order valence-corrected chi connectivity index (χ4v) is 6.00. The van der Waals surface area contributed by atoms with Crippen molar-refractivity contribution in [3.63, 3.8) is 0 Å². The van der Waals surface area contributed by atoms with Crippen LogP contribution in [0.4, 0.5) is 5.69 Å². The smallest absolute Gasteiger partial charge is 0.269 e. The fraction of sp³-hybridized carbons (Fsp3) is 0.348. The molecule has 192 valence electrons. The van der Waals surface area contributed by atoms with Gasteiger partial charge in [0.1, 0.15) is 23.1 Å². The summed E-state index contributed by atoms with van der Waals surface area (Å²) in [6.07, 6.45) is 6.05. The van der Waals surface area contributed by atoms with E-state index in [9.17, 15) is 8.42 Å². The van der Waals surface area contributed by atoms with Crippen molar-refractivity contribution in [3.8, 4) is 11.6 Å². The molecule has 0 fully saturated rings. The molecule has 4 rings (SSSR count). The maximum Gasteiger partial charge on any atom is 0.269 e. The lowest BCUT2D eigenvalue weighted by atomic mass is 10.2. The standard InChI is InChI=1S/C23H29BrN6O4SSi/c1-28-22-17(13-26-28)6-7-20(33-2)23(22)30(16-34-10-11-36(3,4)5)35(31,32)19-14-27-29(15-19)21-12-18(24)8-9-25-21/h6-9,12-15H,10-11,16H2,1-5H3. The molecule has 0 aliphatic carbocycles. The molecule has 0 radical (unpaired) electrons. The molecule has 0 saturated heterocycles. The van der Waals surface area contributed by atoms with Gasteiger partial charge in [-0.2, -0.15) is 10.2 Å². The summed E-state index contributed by atoms with van der Waals surface area (Å²) >= 11 is 3.41. The van der Waals surface area contributed by atoms with Crippen molar-refractivity contribution < 1.29 is 17.9 Å². The highest BCUT2D eigenvalue weighted by molar-refractivity contribution is 9.10. The number of anilines is 1. The van der Waals surface area contributed by atoms with Crippen LogP contribution in [0.15, 0.2) is 58.4 Å². The maximum atomic E-state index is 14.1. The summed E-state index contributed by atoms with van der Waals surface area (Å²) in [7, 11) is -2.21. The number of nitrogens with zero attached hydrogens (tertiary/aromatic N) is 6. The van der Waals surface area contributed by atoms with Gasteiger partial charge in [-0.1, -0.05) is 35.6 Å². The molecular formula is C23H29BrN6O4SSi. The average Bonchev–Trinajstić information content (AvgIpc) is 3.46. The summed E-state index contributed by atoms with van der Waals surface area (Å²) in [5.41, 5.74) is 0.976. The zero-order chi connectivity index (χ0) is 26.1. The molecule has 4 aromatic rings. The predicted octanol–water partition coefficient (Wildman–Crippen LogP) is 4.43. The number of hydrogen-bond donors (Lipinski definition) is 0. The van der Waals surface area contributed by atoms with Crippen molar-refractivity contribution in [3.05, 3.63) is 53.5 Å². The summed E-state index contributed by atoms with van der Waals surface area (Å²) in [6, 6.07) is 8.02. The Labute approximate surface area is 220 Å². The van der Waals surface area contributed by atoms with Crippen molar-refractivity contribution >= 4 is 50.6 Å². The van der Waals surface area contributed by atoms with Gasteiger partial charge in [-0.3, -0.25) is 4.68 Å². The third kappa shape index (κ3) is 5.48. The second-order valence-corrected chi connectivity index (χ2v) is 17.9. The van der Waals surface area contributed by atoms with Gasteiger partial charge in [0.15, 0.2) is 5.82 Å². The highest BCUT2D eigenvalue weighted by Crippen LogP contribution is 2.39. The molecule has 0 bridgehead atoms. The van der Waals surface area contributed by atoms with Crippen molar-refractivity contribution in [1.82, 2.24) is 24.5 Å². The lowest BCUT2D eigenvalue weighted by molar-refractivity contribution is 0.156. The first-order chi connectivity index (χ1) is 17.0. The van der Waals surface area contributed by atoms with Gasteiger partial charge in [0.2, 0.25) is 0 Å². The summed E-state index contributed by atoms with van der Waals surface area (Å²) in [4.78, 5) is 4.27. The maximum absolute atomic E-state index is 14.1. The Hall–Kier alpha value is -2.74. The molecule has 0 spiro atoms. The van der Waals surface area contributed by atoms with Gasteiger partial charge >= 0.3 is 0 Å². The summed E-state index contributed by atoms with van der Waals surface area (Å²) in [5, 5.41) is 9.36. The van der Waals surface area contributed by atoms with E-state index in [2.05, 4.69) is 50.8 Å². The molecule has 0 unspecified atom stereocenters. The van der Waals surface area contributed by atoms with Gasteiger partial charge in [0.05, 0.1) is 31.2 Å². The van der Waals surface area contributed by atoms with Crippen LogP contribution in [0.5, 0.6) is 5.75 Å². The van der Waals surface area contributed by atoms with E-state index in [-0.39, 0.29) is 11.6 Å². The van der Waals surface area contributed by atoms with Crippen LogP contribution >= 0.6 is 15.9 Å². The number of ether oxygens (including phenoxy) is 2. The molecule has 0 amide bonds. The number of sulfonamides is 1. The van der Waals surface area contributed by atoms with Crippen LogP contribution in [-0.4, -0.2) is 61.5 Å². The monoisotopic (exact) mass is 592 g/mol. The van der Waals surface area contributed by atoms with E-state index in [1.54, 1.807) is 42.3 Å². The van der Waals surface area contributed by atoms with Crippen LogP contribution in [0.3, 0.4) is 0 Å². The minimum Gasteiger partial charge on any atom is -0.494 e. The normalized spacial score (nSPS) is 12.3. The molecule has 0 saturated carbocycles. The topological polar surface area (TPSA) is 104 Å². The molecule has 10 nitrogen and oxygen atoms in total. The third-order valence-corrected chi connectivity index (χ3v) is 9.47. The first-order valence-corrected chi connectivity index (χ1v) is 17.2. The highest BCUT2D eigenvalue weighted by atomic mass is 79.9. The summed E-state index contributed by atoms with van der Waals surface area (Å²) in [6.45, 7) is 7.00. The minimum absolute atomic E-state index is 0.000651. The third-order valence-electron chi connectivity index (χ3n) is 5.60. The number of fused-ring (bicyclic) bond motifs is 1. The van der Waals surface area contributed by atoms with Gasteiger partial charge < -0.3 is 9.47 Å². The number of aromatic nitrogens is 5. The second-order valence-electron chi connectivity index (χ2n) is 9.48. The van der Waals surface area contributed by atoms with Gasteiger partial charge in [-0.15, -0.1) is 0 Å². The lowest BCUT2D eigenvalue weighted by Gasteiger charge is -2.26. The Kier molecular flexibility index (Phi) is 7.55. The molecule has 36 heavy (non-hydrogen) atoms. The summed E-state index contributed by atoms with van der Waals surface area (Å²) in [5.74, 6) is 0.875. The molecule has 0 atom stereocenters. The zero-order valence-corrected chi connectivity index (χ0v) is 24.2. The van der Waals surface area contributed by atoms with Crippen molar-refractivity contribution in [2.45, 2.75) is 30.6 Å². The first-order valence-electron chi connectivity index (χ1n) is 11.3. The van der Waals surface area contributed by atoms with E-state index in [4.69, 9.17) is 9.47 Å². The second kappa shape index (κ2) is 10.3. The van der Waals surface area contributed by atoms with Crippen molar-refractivity contribution in [2.24, 2.45) is 7.05 Å². The highest BCUT2D eigenvalue weighted by Gasteiger charge is 2.32. The van der Waals surface area contributed by atoms with E-state index < -0.39 is 18.1 Å². The molecular weight excluding hydrogens is 564 g/mol. The van der Waals surface area contributed by atoms with E-state index in [0.717, 1.165) is 15.9 Å². The van der Waals surface area contributed by atoms with E-state index >= 15 is 0 Å². The van der Waals surface area contributed by atoms with Gasteiger partial charge in [-0.25, -0.2) is 22.4 Å². The van der Waals surface area contributed by atoms with Crippen LogP contribution in [0.2, 0.25) is 25.7 Å². The Morgan fingerprint density at radius 2 is 1.92 bits per heavy atom. The largest absolute Gasteiger partial charge is 0.494 e. The van der Waals surface area contributed by atoms with E-state index in [0.29, 0.717) is 29.4 Å². The van der Waals surface area contributed by atoms with Gasteiger partial charge in [0, 0.05) is 37.8 Å². The quantitative estimate of drug-likeness (QED) is 0.152. The van der Waals surface area contributed by atoms with Crippen molar-refractivity contribution in [1.29, 1.82) is 0 Å². The molecule has 13 heteroatoms. The lowest BCUT2D eigenvalue weighted by Crippen LogP contribution is -2.34. The molecule has 3 aromatic heterocycles. The summed E-state index contributed by atoms with van der Waals surface area (Å²) < 4.78 is 44.8. The Balaban J connectivity index is 1.79. The molecule has 1 aromatic carbocycles. The number of aryl methyl sites for hydroxylation is 1. The van der Waals surface area contributed by atoms with E-state index in [1.807, 2.05) is 6.07 Å². The average molecular weight is 594 g/mol. The molecule has 0 N–H and O–H groups in total. The Bertz CT molecular complexity index is 1480. The fourth-order valence-electron chi connectivity index (χ4n) is 3.62. The van der Waals surface area contributed by atoms with Crippen LogP contribution < -0.4 is 9.04 Å². The zero-order valence-electron chi connectivity index (χ0n) is 20.8. The number of rotatable bonds is 10.